The minimum absolute atomic E-state index is 0.0390. The zero-order chi connectivity index (χ0) is 21.1. The van der Waals surface area contributed by atoms with Crippen molar-refractivity contribution < 1.29 is 18.8 Å². The van der Waals surface area contributed by atoms with E-state index < -0.39 is 6.04 Å². The van der Waals surface area contributed by atoms with Gasteiger partial charge in [-0.2, -0.15) is 4.98 Å². The van der Waals surface area contributed by atoms with Gasteiger partial charge in [0.1, 0.15) is 11.8 Å². The van der Waals surface area contributed by atoms with E-state index in [1.165, 1.54) is 0 Å². The SMILES string of the molecule is CCCN1C(=O)COc2ccc(-c3noc(C(C)NC(=O)c4ccccc4)n3)cc21. The second-order valence-electron chi connectivity index (χ2n) is 7.03. The van der Waals surface area contributed by atoms with Crippen molar-refractivity contribution in [3.8, 4) is 17.1 Å². The van der Waals surface area contributed by atoms with Gasteiger partial charge in [-0.05, 0) is 43.7 Å². The summed E-state index contributed by atoms with van der Waals surface area (Å²) in [4.78, 5) is 30.7. The molecule has 30 heavy (non-hydrogen) atoms. The lowest BCUT2D eigenvalue weighted by Gasteiger charge is -2.29. The summed E-state index contributed by atoms with van der Waals surface area (Å²) in [5.41, 5.74) is 1.95. The highest BCUT2D eigenvalue weighted by Crippen LogP contribution is 2.35. The summed E-state index contributed by atoms with van der Waals surface area (Å²) in [6, 6.07) is 13.9. The minimum Gasteiger partial charge on any atom is -0.482 e. The van der Waals surface area contributed by atoms with Crippen molar-refractivity contribution >= 4 is 17.5 Å². The van der Waals surface area contributed by atoms with Crippen LogP contribution in [0.3, 0.4) is 0 Å². The second-order valence-corrected chi connectivity index (χ2v) is 7.03. The lowest BCUT2D eigenvalue weighted by atomic mass is 10.1. The van der Waals surface area contributed by atoms with Gasteiger partial charge in [0.2, 0.25) is 11.7 Å². The van der Waals surface area contributed by atoms with Gasteiger partial charge in [-0.15, -0.1) is 0 Å². The zero-order valence-electron chi connectivity index (χ0n) is 16.8. The topological polar surface area (TPSA) is 97.6 Å². The van der Waals surface area contributed by atoms with Gasteiger partial charge in [0, 0.05) is 17.7 Å². The average Bonchev–Trinajstić information content (AvgIpc) is 3.26. The largest absolute Gasteiger partial charge is 0.482 e. The standard InChI is InChI=1S/C22H22N4O4/c1-3-11-26-17-12-16(9-10-18(17)29-13-19(26)27)20-24-22(30-25-20)14(2)23-21(28)15-7-5-4-6-8-15/h4-10,12,14H,3,11,13H2,1-2H3,(H,23,28). The molecule has 1 aliphatic rings. The number of amides is 2. The van der Waals surface area contributed by atoms with Crippen molar-refractivity contribution in [3.05, 3.63) is 60.0 Å². The molecule has 2 amide bonds. The molecule has 0 spiro atoms. The fourth-order valence-corrected chi connectivity index (χ4v) is 3.27. The van der Waals surface area contributed by atoms with Gasteiger partial charge in [-0.25, -0.2) is 0 Å². The fraction of sp³-hybridized carbons (Fsp3) is 0.273. The summed E-state index contributed by atoms with van der Waals surface area (Å²) in [6.07, 6.45) is 0.834. The molecule has 0 bridgehead atoms. The first-order valence-electron chi connectivity index (χ1n) is 9.84. The molecule has 0 fully saturated rings. The third-order valence-corrected chi connectivity index (χ3v) is 4.80. The number of anilines is 1. The predicted molar refractivity (Wildman–Crippen MR) is 110 cm³/mol. The molecule has 154 valence electrons. The number of nitrogens with zero attached hydrogens (tertiary/aromatic N) is 3. The van der Waals surface area contributed by atoms with Crippen molar-refractivity contribution in [1.29, 1.82) is 0 Å². The molecule has 8 nitrogen and oxygen atoms in total. The van der Waals surface area contributed by atoms with E-state index in [9.17, 15) is 9.59 Å². The highest BCUT2D eigenvalue weighted by Gasteiger charge is 2.26. The number of nitrogens with one attached hydrogen (secondary N) is 1. The number of rotatable bonds is 6. The Morgan fingerprint density at radius 2 is 2.03 bits per heavy atom. The number of carbonyl (C=O) groups is 2. The van der Waals surface area contributed by atoms with Crippen molar-refractivity contribution in [3.63, 3.8) is 0 Å². The number of carbonyl (C=O) groups excluding carboxylic acids is 2. The van der Waals surface area contributed by atoms with Crippen LogP contribution in [-0.4, -0.2) is 35.1 Å². The molecule has 1 N–H and O–H groups in total. The number of hydrogen-bond acceptors (Lipinski definition) is 6. The third kappa shape index (κ3) is 3.89. The summed E-state index contributed by atoms with van der Waals surface area (Å²) in [5, 5.41) is 6.89. The van der Waals surface area contributed by atoms with Gasteiger partial charge in [0.25, 0.3) is 11.8 Å². The highest BCUT2D eigenvalue weighted by atomic mass is 16.5. The molecule has 1 aromatic heterocycles. The Balaban J connectivity index is 1.54. The van der Waals surface area contributed by atoms with Gasteiger partial charge in [0.05, 0.1) is 5.69 Å². The number of hydrogen-bond donors (Lipinski definition) is 1. The van der Waals surface area contributed by atoms with E-state index in [0.29, 0.717) is 40.8 Å². The maximum Gasteiger partial charge on any atom is 0.265 e. The quantitative estimate of drug-likeness (QED) is 0.674. The molecule has 2 aromatic carbocycles. The van der Waals surface area contributed by atoms with Gasteiger partial charge >= 0.3 is 0 Å². The molecule has 0 radical (unpaired) electrons. The smallest absolute Gasteiger partial charge is 0.265 e. The number of aromatic nitrogens is 2. The van der Waals surface area contributed by atoms with Crippen LogP contribution < -0.4 is 15.0 Å². The summed E-state index contributed by atoms with van der Waals surface area (Å²) < 4.78 is 10.9. The first-order valence-corrected chi connectivity index (χ1v) is 9.84. The molecule has 1 atom stereocenters. The van der Waals surface area contributed by atoms with Gasteiger partial charge in [-0.1, -0.05) is 30.3 Å². The van der Waals surface area contributed by atoms with E-state index >= 15 is 0 Å². The normalized spacial score (nSPS) is 14.1. The third-order valence-electron chi connectivity index (χ3n) is 4.80. The highest BCUT2D eigenvalue weighted by molar-refractivity contribution is 5.98. The Labute approximate surface area is 173 Å². The molecule has 0 aliphatic carbocycles. The number of fused-ring (bicyclic) bond motifs is 1. The predicted octanol–water partition coefficient (Wildman–Crippen LogP) is 3.36. The van der Waals surface area contributed by atoms with Crippen molar-refractivity contribution in [2.45, 2.75) is 26.3 Å². The molecular formula is C22H22N4O4. The number of ether oxygens (including phenoxy) is 1. The summed E-state index contributed by atoms with van der Waals surface area (Å²) >= 11 is 0. The van der Waals surface area contributed by atoms with Crippen LogP contribution in [0.25, 0.3) is 11.4 Å². The minimum atomic E-state index is -0.460. The summed E-state index contributed by atoms with van der Waals surface area (Å²) in [7, 11) is 0. The van der Waals surface area contributed by atoms with Crippen molar-refractivity contribution in [2.24, 2.45) is 0 Å². The molecule has 1 aliphatic heterocycles. The molecule has 0 saturated carbocycles. The monoisotopic (exact) mass is 406 g/mol. The molecule has 4 rings (SSSR count). The van der Waals surface area contributed by atoms with Crippen LogP contribution in [0.4, 0.5) is 5.69 Å². The molecule has 3 aromatic rings. The number of benzene rings is 2. The van der Waals surface area contributed by atoms with Gasteiger partial charge in [-0.3, -0.25) is 9.59 Å². The van der Waals surface area contributed by atoms with E-state index in [1.54, 1.807) is 42.2 Å². The van der Waals surface area contributed by atoms with Crippen molar-refractivity contribution in [2.75, 3.05) is 18.1 Å². The molecule has 8 heteroatoms. The fourth-order valence-electron chi connectivity index (χ4n) is 3.27. The molecular weight excluding hydrogens is 384 g/mol. The second kappa shape index (κ2) is 8.36. The maximum absolute atomic E-state index is 12.3. The van der Waals surface area contributed by atoms with E-state index in [-0.39, 0.29) is 18.4 Å². The van der Waals surface area contributed by atoms with Gasteiger partial charge < -0.3 is 19.5 Å². The van der Waals surface area contributed by atoms with Crippen LogP contribution in [0, 0.1) is 0 Å². The first kappa shape index (κ1) is 19.6. The molecule has 2 heterocycles. The van der Waals surface area contributed by atoms with Crippen LogP contribution in [0.15, 0.2) is 53.1 Å². The van der Waals surface area contributed by atoms with E-state index in [2.05, 4.69) is 15.5 Å². The van der Waals surface area contributed by atoms with E-state index in [4.69, 9.17) is 9.26 Å². The van der Waals surface area contributed by atoms with Crippen LogP contribution in [0.5, 0.6) is 5.75 Å². The maximum atomic E-state index is 12.3. The first-order chi connectivity index (χ1) is 14.6. The van der Waals surface area contributed by atoms with E-state index in [1.807, 2.05) is 25.1 Å². The van der Waals surface area contributed by atoms with Crippen LogP contribution in [0.2, 0.25) is 0 Å². The van der Waals surface area contributed by atoms with Gasteiger partial charge in [0.15, 0.2) is 6.61 Å². The molecule has 1 unspecified atom stereocenters. The average molecular weight is 406 g/mol. The Morgan fingerprint density at radius 1 is 1.23 bits per heavy atom. The summed E-state index contributed by atoms with van der Waals surface area (Å²) in [5.74, 6) is 1.03. The molecule has 0 saturated heterocycles. The van der Waals surface area contributed by atoms with Crippen molar-refractivity contribution in [1.82, 2.24) is 15.5 Å². The van der Waals surface area contributed by atoms with Crippen LogP contribution in [-0.2, 0) is 4.79 Å². The Hall–Kier alpha value is -3.68. The summed E-state index contributed by atoms with van der Waals surface area (Å²) in [6.45, 7) is 4.44. The zero-order valence-corrected chi connectivity index (χ0v) is 16.8. The van der Waals surface area contributed by atoms with Crippen LogP contribution >= 0.6 is 0 Å². The lowest BCUT2D eigenvalue weighted by molar-refractivity contribution is -0.121. The Bertz CT molecular complexity index is 1060. The van der Waals surface area contributed by atoms with Crippen LogP contribution in [0.1, 0.15) is 42.6 Å². The lowest BCUT2D eigenvalue weighted by Crippen LogP contribution is -2.39. The van der Waals surface area contributed by atoms with E-state index in [0.717, 1.165) is 6.42 Å². The Morgan fingerprint density at radius 3 is 2.80 bits per heavy atom. The Kier molecular flexibility index (Phi) is 5.47.